The molecule has 0 bridgehead atoms. The second kappa shape index (κ2) is 9.45. The Morgan fingerprint density at radius 1 is 0.946 bits per heavy atom. The highest BCUT2D eigenvalue weighted by molar-refractivity contribution is 5.90. The quantitative estimate of drug-likeness (QED) is 0.381. The number of pyridine rings is 1. The van der Waals surface area contributed by atoms with Gasteiger partial charge in [-0.2, -0.15) is 5.26 Å². The summed E-state index contributed by atoms with van der Waals surface area (Å²) >= 11 is 0. The monoisotopic (exact) mass is 500 g/mol. The molecule has 0 atom stereocenters. The van der Waals surface area contributed by atoms with Gasteiger partial charge in [0.2, 0.25) is 0 Å². The summed E-state index contributed by atoms with van der Waals surface area (Å²) in [5.41, 5.74) is 3.49. The van der Waals surface area contributed by atoms with Crippen molar-refractivity contribution in [2.45, 2.75) is 25.4 Å². The first-order valence-electron chi connectivity index (χ1n) is 12.5. The molecular formula is C28H26F2N6O. The number of piperidine rings is 1. The zero-order chi connectivity index (χ0) is 25.5. The first-order chi connectivity index (χ1) is 18.1. The molecule has 0 radical (unpaired) electrons. The third kappa shape index (κ3) is 4.07. The fourth-order valence-electron chi connectivity index (χ4n) is 5.19. The van der Waals surface area contributed by atoms with Gasteiger partial charge in [-0.25, -0.2) is 18.7 Å². The van der Waals surface area contributed by atoms with E-state index in [1.165, 1.54) is 24.6 Å². The van der Waals surface area contributed by atoms with Crippen molar-refractivity contribution in [2.24, 2.45) is 0 Å². The zero-order valence-corrected chi connectivity index (χ0v) is 20.5. The molecule has 4 aromatic rings. The predicted octanol–water partition coefficient (Wildman–Crippen LogP) is 5.06. The van der Waals surface area contributed by atoms with Crippen molar-refractivity contribution >= 4 is 22.5 Å². The Labute approximate surface area is 213 Å². The summed E-state index contributed by atoms with van der Waals surface area (Å²) in [5, 5.41) is 9.18. The number of halogens is 2. The number of benzene rings is 2. The molecule has 2 fully saturated rings. The maximum atomic E-state index is 15.7. The minimum absolute atomic E-state index is 0.0574. The number of hydrogen-bond donors (Lipinski definition) is 0. The van der Waals surface area contributed by atoms with Crippen LogP contribution in [0.1, 0.15) is 24.8 Å². The Morgan fingerprint density at radius 3 is 2.46 bits per heavy atom. The van der Waals surface area contributed by atoms with Gasteiger partial charge in [0.25, 0.3) is 0 Å². The van der Waals surface area contributed by atoms with Gasteiger partial charge in [-0.15, -0.1) is 0 Å². The summed E-state index contributed by atoms with van der Waals surface area (Å²) in [4.78, 5) is 13.8. The van der Waals surface area contributed by atoms with E-state index < -0.39 is 11.6 Å². The van der Waals surface area contributed by atoms with Crippen LogP contribution in [0.25, 0.3) is 28.2 Å². The maximum Gasteiger partial charge on any atom is 0.167 e. The van der Waals surface area contributed by atoms with Gasteiger partial charge in [0, 0.05) is 50.7 Å². The van der Waals surface area contributed by atoms with Crippen molar-refractivity contribution in [2.75, 3.05) is 43.1 Å². The van der Waals surface area contributed by atoms with Crippen LogP contribution in [0.15, 0.2) is 48.7 Å². The number of fused-ring (bicyclic) bond motifs is 1. The van der Waals surface area contributed by atoms with Crippen LogP contribution in [0.3, 0.4) is 0 Å². The van der Waals surface area contributed by atoms with Crippen molar-refractivity contribution in [1.82, 2.24) is 14.5 Å². The number of anilines is 2. The Balaban J connectivity index is 1.52. The molecule has 2 aromatic carbocycles. The molecule has 0 unspecified atom stereocenters. The topological polar surface area (TPSA) is 70.2 Å². The van der Waals surface area contributed by atoms with Crippen molar-refractivity contribution in [3.63, 3.8) is 0 Å². The van der Waals surface area contributed by atoms with Crippen molar-refractivity contribution < 1.29 is 13.5 Å². The Morgan fingerprint density at radius 2 is 1.76 bits per heavy atom. The molecule has 2 aliphatic heterocycles. The summed E-state index contributed by atoms with van der Waals surface area (Å²) in [6, 6.07) is 13.2. The van der Waals surface area contributed by atoms with Gasteiger partial charge in [0.05, 0.1) is 23.0 Å². The summed E-state index contributed by atoms with van der Waals surface area (Å²) in [6.07, 6.45) is 5.23. The molecule has 0 spiro atoms. The number of ether oxygens (including phenoxy) is 1. The Hall–Kier alpha value is -4.03. The van der Waals surface area contributed by atoms with Crippen LogP contribution in [0.5, 0.6) is 0 Å². The molecule has 4 heterocycles. The molecule has 9 heteroatoms. The molecule has 37 heavy (non-hydrogen) atoms. The summed E-state index contributed by atoms with van der Waals surface area (Å²) in [5.74, 6) is -0.715. The molecule has 2 saturated heterocycles. The molecule has 7 nitrogen and oxygen atoms in total. The van der Waals surface area contributed by atoms with Gasteiger partial charge in [-0.3, -0.25) is 4.57 Å². The summed E-state index contributed by atoms with van der Waals surface area (Å²) < 4.78 is 37.4. The highest BCUT2D eigenvalue weighted by Gasteiger charge is 2.28. The number of hydrogen-bond acceptors (Lipinski definition) is 6. The maximum absolute atomic E-state index is 15.7. The number of rotatable bonds is 5. The van der Waals surface area contributed by atoms with Crippen LogP contribution in [-0.2, 0) is 4.74 Å². The van der Waals surface area contributed by atoms with Crippen molar-refractivity contribution in [1.29, 1.82) is 5.26 Å². The smallest absolute Gasteiger partial charge is 0.167 e. The van der Waals surface area contributed by atoms with Gasteiger partial charge in [-0.1, -0.05) is 0 Å². The largest absolute Gasteiger partial charge is 0.378 e. The van der Waals surface area contributed by atoms with Gasteiger partial charge < -0.3 is 14.5 Å². The minimum Gasteiger partial charge on any atom is -0.378 e. The minimum atomic E-state index is -0.649. The lowest BCUT2D eigenvalue weighted by Crippen LogP contribution is -2.51. The molecule has 188 valence electrons. The van der Waals surface area contributed by atoms with Crippen LogP contribution >= 0.6 is 0 Å². The van der Waals surface area contributed by atoms with Gasteiger partial charge >= 0.3 is 0 Å². The highest BCUT2D eigenvalue weighted by Crippen LogP contribution is 2.36. The molecule has 2 aromatic heterocycles. The summed E-state index contributed by atoms with van der Waals surface area (Å²) in [6.45, 7) is 3.24. The van der Waals surface area contributed by atoms with Gasteiger partial charge in [0.15, 0.2) is 5.65 Å². The molecule has 6 rings (SSSR count). The number of aromatic nitrogens is 3. The lowest BCUT2D eigenvalue weighted by atomic mass is 10.1. The fraction of sp³-hybridized carbons (Fsp3) is 0.321. The highest BCUT2D eigenvalue weighted by atomic mass is 19.1. The predicted molar refractivity (Wildman–Crippen MR) is 138 cm³/mol. The van der Waals surface area contributed by atoms with E-state index in [9.17, 15) is 9.65 Å². The first-order valence-corrected chi connectivity index (χ1v) is 12.5. The second-order valence-electron chi connectivity index (χ2n) is 9.53. The molecule has 2 aliphatic rings. The number of nitriles is 1. The summed E-state index contributed by atoms with van der Waals surface area (Å²) in [7, 11) is 1.68. The van der Waals surface area contributed by atoms with E-state index >= 15 is 4.39 Å². The number of nitrogens with zero attached hydrogens (tertiary/aromatic N) is 6. The molecule has 0 saturated carbocycles. The van der Waals surface area contributed by atoms with E-state index in [4.69, 9.17) is 9.72 Å². The van der Waals surface area contributed by atoms with Crippen LogP contribution in [0.4, 0.5) is 20.2 Å². The lowest BCUT2D eigenvalue weighted by molar-refractivity contribution is 0.0787. The third-order valence-corrected chi connectivity index (χ3v) is 7.29. The third-order valence-electron chi connectivity index (χ3n) is 7.29. The van der Waals surface area contributed by atoms with E-state index in [2.05, 4.69) is 14.8 Å². The van der Waals surface area contributed by atoms with E-state index in [1.807, 2.05) is 18.2 Å². The van der Waals surface area contributed by atoms with Crippen LogP contribution in [0, 0.1) is 23.0 Å². The SMILES string of the molecule is COC1CN(c2ccc(-n3c(-c4ccc(C#N)c(F)c4)nc4c(N5CCCCC5)ccnc43)c(F)c2)C1. The van der Waals surface area contributed by atoms with Crippen molar-refractivity contribution in [3.8, 4) is 23.1 Å². The Bertz CT molecular complexity index is 1520. The fourth-order valence-corrected chi connectivity index (χ4v) is 5.19. The first kappa shape index (κ1) is 23.4. The van der Waals surface area contributed by atoms with Crippen molar-refractivity contribution in [3.05, 3.63) is 65.9 Å². The average Bonchev–Trinajstić information content (AvgIpc) is 3.28. The van der Waals surface area contributed by atoms with Gasteiger partial charge in [-0.05, 0) is 61.7 Å². The van der Waals surface area contributed by atoms with E-state index in [0.717, 1.165) is 37.3 Å². The zero-order valence-electron chi connectivity index (χ0n) is 20.5. The van der Waals surface area contributed by atoms with E-state index in [-0.39, 0.29) is 17.4 Å². The normalized spacial score (nSPS) is 16.2. The average molecular weight is 501 g/mol. The molecular weight excluding hydrogens is 474 g/mol. The number of methoxy groups -OCH3 is 1. The molecule has 0 N–H and O–H groups in total. The van der Waals surface area contributed by atoms with Crippen LogP contribution < -0.4 is 9.80 Å². The molecule has 0 amide bonds. The standard InChI is InChI=1S/C28H26F2N6O/c1-37-21-16-35(17-21)20-7-8-24(23(30)14-20)36-27(18-5-6-19(15-31)22(29)13-18)33-26-25(9-10-32-28(26)36)34-11-3-2-4-12-34/h5-10,13-14,21H,2-4,11-12,16-17H2,1H3. The van der Waals surface area contributed by atoms with E-state index in [0.29, 0.717) is 35.6 Å². The Kier molecular flexibility index (Phi) is 5.97. The van der Waals surface area contributed by atoms with Crippen LogP contribution in [-0.4, -0.2) is 53.9 Å². The lowest BCUT2D eigenvalue weighted by Gasteiger charge is -2.40. The second-order valence-corrected chi connectivity index (χ2v) is 9.53. The van der Waals surface area contributed by atoms with E-state index in [1.54, 1.807) is 30.0 Å². The molecule has 0 aliphatic carbocycles. The van der Waals surface area contributed by atoms with Crippen LogP contribution in [0.2, 0.25) is 0 Å². The number of imidazole rings is 1. The van der Waals surface area contributed by atoms with Gasteiger partial charge in [0.1, 0.15) is 29.0 Å².